The molecule has 0 bridgehead atoms. The molecule has 1 aliphatic rings. The topological polar surface area (TPSA) is 123 Å². The van der Waals surface area contributed by atoms with E-state index in [1.807, 2.05) is 23.6 Å². The molecule has 0 radical (unpaired) electrons. The third-order valence-electron chi connectivity index (χ3n) is 5.63. The van der Waals surface area contributed by atoms with Gasteiger partial charge in [-0.3, -0.25) is 9.36 Å². The molecule has 3 N–H and O–H groups in total. The summed E-state index contributed by atoms with van der Waals surface area (Å²) in [6.07, 6.45) is -4.40. The largest absolute Gasteiger partial charge is 0.490 e. The van der Waals surface area contributed by atoms with Crippen molar-refractivity contribution in [2.45, 2.75) is 32.1 Å². The second kappa shape index (κ2) is 11.7. The third-order valence-corrected chi connectivity index (χ3v) is 6.55. The Hall–Kier alpha value is -3.85. The molecule has 0 saturated carbocycles. The minimum absolute atomic E-state index is 0.118. The van der Waals surface area contributed by atoms with Crippen molar-refractivity contribution in [3.05, 3.63) is 68.6 Å². The Balaban J connectivity index is 0.000000505. The first-order valence-corrected chi connectivity index (χ1v) is 11.8. The van der Waals surface area contributed by atoms with Gasteiger partial charge >= 0.3 is 17.8 Å². The number of carboxylic acid groups (broad SMARTS) is 1. The van der Waals surface area contributed by atoms with Crippen molar-refractivity contribution in [3.63, 3.8) is 0 Å². The van der Waals surface area contributed by atoms with Gasteiger partial charge in [0.15, 0.2) is 0 Å². The van der Waals surface area contributed by atoms with Crippen LogP contribution in [0.3, 0.4) is 0 Å². The number of thiophene rings is 1. The lowest BCUT2D eigenvalue weighted by molar-refractivity contribution is -0.192. The number of carboxylic acids is 1. The molecule has 0 aliphatic carbocycles. The van der Waals surface area contributed by atoms with Crippen LogP contribution in [0.1, 0.15) is 16.9 Å². The monoisotopic (exact) mass is 559 g/mol. The lowest BCUT2D eigenvalue weighted by Crippen LogP contribution is -2.30. The quantitative estimate of drug-likeness (QED) is 0.446. The van der Waals surface area contributed by atoms with Crippen LogP contribution in [0.15, 0.2) is 52.4 Å². The van der Waals surface area contributed by atoms with Gasteiger partial charge in [-0.15, -0.1) is 11.3 Å². The summed E-state index contributed by atoms with van der Waals surface area (Å²) in [6, 6.07) is 8.04. The van der Waals surface area contributed by atoms with E-state index in [2.05, 4.69) is 11.2 Å². The fourth-order valence-electron chi connectivity index (χ4n) is 3.59. The third kappa shape index (κ3) is 6.72. The number of aliphatic carboxylic acids is 1. The number of rotatable bonds is 6. The number of nitrogens with zero attached hydrogens (tertiary/aromatic N) is 4. The molecule has 38 heavy (non-hydrogen) atoms. The van der Waals surface area contributed by atoms with E-state index in [1.54, 1.807) is 11.9 Å². The van der Waals surface area contributed by atoms with Crippen LogP contribution in [0, 0.1) is 0 Å². The number of anilines is 1. The molecule has 0 spiro atoms. The normalized spacial score (nSPS) is 13.0. The van der Waals surface area contributed by atoms with E-state index in [0.717, 1.165) is 38.4 Å². The summed E-state index contributed by atoms with van der Waals surface area (Å²) in [5.41, 5.74) is 8.66. The standard InChI is InChI=1S/C21H21F2N5O2S.C2HF3O2/c1-26-18-4-2-13(6-14(18)3-5-19(26)29)15-7-17(31-11-15)10-27-12-25-28(21(27)30)9-16(8-24)20(22)23;3-2(4,5)1(6)7/h2,4,6-7,11-12H,3,5,8-10,24H2,1H3;(H,6,7). The Morgan fingerprint density at radius 1 is 1.16 bits per heavy atom. The minimum atomic E-state index is -5.08. The van der Waals surface area contributed by atoms with E-state index >= 15 is 0 Å². The number of hydrogen-bond donors (Lipinski definition) is 2. The second-order valence-corrected chi connectivity index (χ2v) is 9.16. The molecule has 15 heteroatoms. The molecule has 4 rings (SSSR count). The maximum absolute atomic E-state index is 12.8. The summed E-state index contributed by atoms with van der Waals surface area (Å²) in [5.74, 6) is -2.64. The van der Waals surface area contributed by atoms with Crippen molar-refractivity contribution >= 4 is 28.9 Å². The lowest BCUT2D eigenvalue weighted by atomic mass is 9.97. The average Bonchev–Trinajstić information content (AvgIpc) is 3.46. The Morgan fingerprint density at radius 2 is 1.84 bits per heavy atom. The van der Waals surface area contributed by atoms with E-state index in [1.165, 1.54) is 22.2 Å². The Labute approximate surface area is 216 Å². The van der Waals surface area contributed by atoms with Gasteiger partial charge in [0, 0.05) is 36.2 Å². The van der Waals surface area contributed by atoms with E-state index in [4.69, 9.17) is 15.6 Å². The number of amides is 1. The summed E-state index contributed by atoms with van der Waals surface area (Å²) in [5, 5.41) is 13.1. The highest BCUT2D eigenvalue weighted by atomic mass is 32.1. The molecule has 0 saturated heterocycles. The van der Waals surface area contributed by atoms with Crippen molar-refractivity contribution in [2.75, 3.05) is 18.5 Å². The first kappa shape index (κ1) is 28.7. The summed E-state index contributed by atoms with van der Waals surface area (Å²) >= 11 is 1.51. The zero-order valence-electron chi connectivity index (χ0n) is 19.8. The first-order chi connectivity index (χ1) is 17.8. The maximum atomic E-state index is 12.8. The molecule has 0 fully saturated rings. The van der Waals surface area contributed by atoms with Gasteiger partial charge in [0.1, 0.15) is 6.33 Å². The van der Waals surface area contributed by atoms with Crippen LogP contribution in [-0.4, -0.2) is 51.1 Å². The highest BCUT2D eigenvalue weighted by molar-refractivity contribution is 7.10. The molecule has 9 nitrogen and oxygen atoms in total. The summed E-state index contributed by atoms with van der Waals surface area (Å²) < 4.78 is 59.7. The van der Waals surface area contributed by atoms with Gasteiger partial charge in [0.05, 0.1) is 13.1 Å². The number of aryl methyl sites for hydroxylation is 1. The van der Waals surface area contributed by atoms with Gasteiger partial charge < -0.3 is 15.7 Å². The number of fused-ring (bicyclic) bond motifs is 1. The fourth-order valence-corrected chi connectivity index (χ4v) is 4.48. The van der Waals surface area contributed by atoms with E-state index < -0.39 is 23.9 Å². The highest BCUT2D eigenvalue weighted by Gasteiger charge is 2.38. The number of alkyl halides is 3. The second-order valence-electron chi connectivity index (χ2n) is 8.17. The minimum Gasteiger partial charge on any atom is -0.475 e. The fraction of sp³-hybridized carbons (Fsp3) is 0.304. The predicted octanol–water partition coefficient (Wildman–Crippen LogP) is 3.47. The molecular formula is C23H22F5N5O4S. The molecule has 1 aromatic carbocycles. The Kier molecular flexibility index (Phi) is 8.83. The number of carbonyl (C=O) groups excluding carboxylic acids is 1. The SMILES string of the molecule is CN1C(=O)CCc2cc(-c3csc(Cn4cnn(CC(CN)=C(F)F)c4=O)c3)ccc21.O=C(O)C(F)(F)F. The number of carbonyl (C=O) groups is 2. The van der Waals surface area contributed by atoms with Crippen molar-refractivity contribution < 1.29 is 36.6 Å². The van der Waals surface area contributed by atoms with E-state index in [-0.39, 0.29) is 24.6 Å². The number of nitrogens with two attached hydrogens (primary N) is 1. The van der Waals surface area contributed by atoms with Crippen LogP contribution in [0.4, 0.5) is 27.6 Å². The van der Waals surface area contributed by atoms with Gasteiger partial charge in [-0.1, -0.05) is 6.07 Å². The molecule has 3 aromatic rings. The maximum Gasteiger partial charge on any atom is 0.490 e. The lowest BCUT2D eigenvalue weighted by Gasteiger charge is -2.26. The molecule has 1 aliphatic heterocycles. The average molecular weight is 560 g/mol. The summed E-state index contributed by atoms with van der Waals surface area (Å²) in [7, 11) is 1.79. The zero-order valence-corrected chi connectivity index (χ0v) is 20.7. The van der Waals surface area contributed by atoms with Crippen molar-refractivity contribution in [3.8, 4) is 11.1 Å². The summed E-state index contributed by atoms with van der Waals surface area (Å²) in [6.45, 7) is -0.363. The smallest absolute Gasteiger partial charge is 0.475 e. The highest BCUT2D eigenvalue weighted by Crippen LogP contribution is 2.33. The van der Waals surface area contributed by atoms with Crippen LogP contribution >= 0.6 is 11.3 Å². The summed E-state index contributed by atoms with van der Waals surface area (Å²) in [4.78, 5) is 35.9. The van der Waals surface area contributed by atoms with Crippen molar-refractivity contribution in [2.24, 2.45) is 5.73 Å². The number of benzene rings is 1. The van der Waals surface area contributed by atoms with Gasteiger partial charge in [-0.25, -0.2) is 14.3 Å². The van der Waals surface area contributed by atoms with Crippen LogP contribution in [-0.2, 0) is 29.1 Å². The van der Waals surface area contributed by atoms with E-state index in [9.17, 15) is 31.5 Å². The van der Waals surface area contributed by atoms with Crippen LogP contribution in [0.2, 0.25) is 0 Å². The van der Waals surface area contributed by atoms with Gasteiger partial charge in [-0.05, 0) is 46.7 Å². The van der Waals surface area contributed by atoms with Gasteiger partial charge in [0.2, 0.25) is 5.91 Å². The first-order valence-electron chi connectivity index (χ1n) is 10.9. The molecular weight excluding hydrogens is 537 g/mol. The predicted molar refractivity (Wildman–Crippen MR) is 129 cm³/mol. The molecule has 204 valence electrons. The van der Waals surface area contributed by atoms with Gasteiger partial charge in [0.25, 0.3) is 6.08 Å². The van der Waals surface area contributed by atoms with Crippen LogP contribution in [0.5, 0.6) is 0 Å². The Bertz CT molecular complexity index is 1420. The molecule has 0 unspecified atom stereocenters. The van der Waals surface area contributed by atoms with Gasteiger partial charge in [-0.2, -0.15) is 27.1 Å². The van der Waals surface area contributed by atoms with Crippen LogP contribution < -0.4 is 16.3 Å². The van der Waals surface area contributed by atoms with Crippen LogP contribution in [0.25, 0.3) is 11.1 Å². The Morgan fingerprint density at radius 3 is 2.45 bits per heavy atom. The van der Waals surface area contributed by atoms with Crippen molar-refractivity contribution in [1.82, 2.24) is 14.3 Å². The molecule has 0 atom stereocenters. The molecule has 1 amide bonds. The molecule has 2 aromatic heterocycles. The number of hydrogen-bond acceptors (Lipinski definition) is 6. The number of halogens is 5. The zero-order chi connectivity index (χ0) is 28.2. The molecule has 3 heterocycles. The van der Waals surface area contributed by atoms with E-state index in [0.29, 0.717) is 13.0 Å². The van der Waals surface area contributed by atoms with Crippen molar-refractivity contribution in [1.29, 1.82) is 0 Å². The number of aromatic nitrogens is 3.